The molecule has 1 amide bonds. The standard InChI is InChI=1S/C18H20F3N5O2.H2S/c1-10-16-13(26(3)11(2)17(27)25-16)6-14(24-10)22-7-12-4-5-15(23-8-12)28-9-18(19,20)21;/h4-6,8,11H,7,9H2,1-3H3,(H,22,24)(H,25,27);1H2/t11-;/m0./s1. The van der Waals surface area contributed by atoms with E-state index in [1.165, 1.54) is 12.3 Å². The maximum absolute atomic E-state index is 12.2. The molecule has 0 radical (unpaired) electrons. The van der Waals surface area contributed by atoms with Crippen molar-refractivity contribution in [1.82, 2.24) is 9.97 Å². The molecular weight excluding hydrogens is 407 g/mol. The first-order valence-electron chi connectivity index (χ1n) is 8.58. The zero-order valence-electron chi connectivity index (χ0n) is 16.1. The van der Waals surface area contributed by atoms with Crippen molar-refractivity contribution in [3.8, 4) is 5.88 Å². The van der Waals surface area contributed by atoms with Crippen molar-refractivity contribution in [2.45, 2.75) is 32.6 Å². The lowest BCUT2D eigenvalue weighted by molar-refractivity contribution is -0.154. The summed E-state index contributed by atoms with van der Waals surface area (Å²) in [6, 6.07) is 4.56. The Morgan fingerprint density at radius 1 is 1.34 bits per heavy atom. The second-order valence-electron chi connectivity index (χ2n) is 6.53. The Hall–Kier alpha value is -2.69. The van der Waals surface area contributed by atoms with Gasteiger partial charge in [-0.15, -0.1) is 0 Å². The van der Waals surface area contributed by atoms with Crippen LogP contribution < -0.4 is 20.3 Å². The maximum atomic E-state index is 12.2. The summed E-state index contributed by atoms with van der Waals surface area (Å²) < 4.78 is 41.1. The number of alkyl halides is 3. The molecule has 7 nitrogen and oxygen atoms in total. The molecular formula is C18H22F3N5O2S. The smallest absolute Gasteiger partial charge is 0.422 e. The van der Waals surface area contributed by atoms with Crippen LogP contribution in [-0.2, 0) is 11.3 Å². The van der Waals surface area contributed by atoms with Gasteiger partial charge in [0.05, 0.1) is 17.1 Å². The summed E-state index contributed by atoms with van der Waals surface area (Å²) in [6.45, 7) is 2.62. The van der Waals surface area contributed by atoms with Crippen LogP contribution in [0.3, 0.4) is 0 Å². The molecule has 3 rings (SSSR count). The Morgan fingerprint density at radius 3 is 2.69 bits per heavy atom. The van der Waals surface area contributed by atoms with Crippen molar-refractivity contribution >= 4 is 36.6 Å². The van der Waals surface area contributed by atoms with Gasteiger partial charge in [0.15, 0.2) is 6.61 Å². The first-order chi connectivity index (χ1) is 13.1. The zero-order chi connectivity index (χ0) is 20.5. The summed E-state index contributed by atoms with van der Waals surface area (Å²) in [5.41, 5.74) is 2.98. The number of aryl methyl sites for hydroxylation is 1. The number of carbonyl (C=O) groups excluding carboxylic acids is 1. The lowest BCUT2D eigenvalue weighted by Gasteiger charge is -2.34. The molecule has 11 heteroatoms. The molecule has 158 valence electrons. The number of nitrogens with zero attached hydrogens (tertiary/aromatic N) is 3. The van der Waals surface area contributed by atoms with Crippen molar-refractivity contribution in [2.75, 3.05) is 29.2 Å². The fourth-order valence-corrected chi connectivity index (χ4v) is 2.74. The van der Waals surface area contributed by atoms with E-state index in [1.807, 2.05) is 31.9 Å². The lowest BCUT2D eigenvalue weighted by atomic mass is 10.1. The Bertz CT molecular complexity index is 877. The number of amides is 1. The van der Waals surface area contributed by atoms with Crippen LogP contribution in [-0.4, -0.2) is 41.7 Å². The number of hydrogen-bond acceptors (Lipinski definition) is 6. The van der Waals surface area contributed by atoms with Gasteiger partial charge in [0, 0.05) is 31.9 Å². The third kappa shape index (κ3) is 5.43. The summed E-state index contributed by atoms with van der Waals surface area (Å²) in [5, 5.41) is 6.03. The van der Waals surface area contributed by atoms with Crippen LogP contribution in [0.25, 0.3) is 0 Å². The third-order valence-electron chi connectivity index (χ3n) is 4.42. The minimum atomic E-state index is -4.40. The average Bonchev–Trinajstić information content (AvgIpc) is 2.64. The van der Waals surface area contributed by atoms with Crippen molar-refractivity contribution in [3.63, 3.8) is 0 Å². The van der Waals surface area contributed by atoms with Gasteiger partial charge in [-0.3, -0.25) is 4.79 Å². The fourth-order valence-electron chi connectivity index (χ4n) is 2.74. The molecule has 0 aliphatic carbocycles. The van der Waals surface area contributed by atoms with Gasteiger partial charge >= 0.3 is 6.18 Å². The second kappa shape index (κ2) is 8.76. The molecule has 1 aliphatic heterocycles. The van der Waals surface area contributed by atoms with E-state index in [9.17, 15) is 18.0 Å². The highest BCUT2D eigenvalue weighted by Crippen LogP contribution is 2.34. The van der Waals surface area contributed by atoms with E-state index in [1.54, 1.807) is 6.07 Å². The highest BCUT2D eigenvalue weighted by Gasteiger charge is 2.29. The van der Waals surface area contributed by atoms with E-state index < -0.39 is 12.8 Å². The normalized spacial score (nSPS) is 15.9. The van der Waals surface area contributed by atoms with Crippen LogP contribution in [0.5, 0.6) is 5.88 Å². The molecule has 0 fully saturated rings. The van der Waals surface area contributed by atoms with Gasteiger partial charge in [0.1, 0.15) is 11.9 Å². The van der Waals surface area contributed by atoms with Crippen LogP contribution >= 0.6 is 13.5 Å². The quantitative estimate of drug-likeness (QED) is 0.760. The Balaban J connectivity index is 0.00000300. The van der Waals surface area contributed by atoms with Gasteiger partial charge in [-0.25, -0.2) is 9.97 Å². The maximum Gasteiger partial charge on any atom is 0.422 e. The topological polar surface area (TPSA) is 79.4 Å². The van der Waals surface area contributed by atoms with Crippen molar-refractivity contribution in [2.24, 2.45) is 0 Å². The highest BCUT2D eigenvalue weighted by atomic mass is 32.1. The van der Waals surface area contributed by atoms with Crippen molar-refractivity contribution in [3.05, 3.63) is 35.7 Å². The van der Waals surface area contributed by atoms with Gasteiger partial charge in [0.25, 0.3) is 0 Å². The van der Waals surface area contributed by atoms with Crippen LogP contribution in [0.1, 0.15) is 18.2 Å². The van der Waals surface area contributed by atoms with Crippen molar-refractivity contribution < 1.29 is 22.7 Å². The SMILES string of the molecule is Cc1nc(NCc2ccc(OCC(F)(F)F)nc2)cc2c1NC(=O)[C@H](C)N2C.S. The molecule has 1 atom stereocenters. The number of hydrogen-bond donors (Lipinski definition) is 2. The molecule has 0 spiro atoms. The first-order valence-corrected chi connectivity index (χ1v) is 8.58. The van der Waals surface area contributed by atoms with Gasteiger partial charge in [-0.1, -0.05) is 6.07 Å². The summed E-state index contributed by atoms with van der Waals surface area (Å²) >= 11 is 0. The number of anilines is 3. The number of aromatic nitrogens is 2. The predicted molar refractivity (Wildman–Crippen MR) is 109 cm³/mol. The number of halogens is 3. The minimum Gasteiger partial charge on any atom is -0.468 e. The molecule has 0 unspecified atom stereocenters. The Kier molecular flexibility index (Phi) is 6.83. The first kappa shape index (κ1) is 22.6. The van der Waals surface area contributed by atoms with Gasteiger partial charge < -0.3 is 20.3 Å². The number of likely N-dealkylation sites (N-methyl/N-ethyl adjacent to an activating group) is 1. The lowest BCUT2D eigenvalue weighted by Crippen LogP contribution is -2.44. The van der Waals surface area contributed by atoms with E-state index in [2.05, 4.69) is 25.3 Å². The van der Waals surface area contributed by atoms with E-state index in [0.29, 0.717) is 23.7 Å². The van der Waals surface area contributed by atoms with Crippen molar-refractivity contribution in [1.29, 1.82) is 0 Å². The van der Waals surface area contributed by atoms with Gasteiger partial charge in [-0.2, -0.15) is 26.7 Å². The van der Waals surface area contributed by atoms with E-state index in [-0.39, 0.29) is 31.3 Å². The second-order valence-corrected chi connectivity index (χ2v) is 6.53. The number of carbonyl (C=O) groups is 1. The third-order valence-corrected chi connectivity index (χ3v) is 4.42. The Labute approximate surface area is 173 Å². The van der Waals surface area contributed by atoms with Gasteiger partial charge in [-0.05, 0) is 19.4 Å². The predicted octanol–water partition coefficient (Wildman–Crippen LogP) is 3.23. The molecule has 2 aromatic heterocycles. The molecule has 2 N–H and O–H groups in total. The molecule has 1 aliphatic rings. The number of fused-ring (bicyclic) bond motifs is 1. The van der Waals surface area contributed by atoms with Gasteiger partial charge in [0.2, 0.25) is 11.8 Å². The summed E-state index contributed by atoms with van der Waals surface area (Å²) in [4.78, 5) is 22.2. The molecule has 0 saturated heterocycles. The molecule has 0 aromatic carbocycles. The number of nitrogens with one attached hydrogen (secondary N) is 2. The molecule has 3 heterocycles. The van der Waals surface area contributed by atoms with Crippen LogP contribution in [0.4, 0.5) is 30.4 Å². The van der Waals surface area contributed by atoms with Crippen LogP contribution in [0.2, 0.25) is 0 Å². The fraction of sp³-hybridized carbons (Fsp3) is 0.389. The van der Waals surface area contributed by atoms with Crippen LogP contribution in [0.15, 0.2) is 24.4 Å². The Morgan fingerprint density at radius 2 is 2.07 bits per heavy atom. The largest absolute Gasteiger partial charge is 0.468 e. The minimum absolute atomic E-state index is 0. The highest BCUT2D eigenvalue weighted by molar-refractivity contribution is 7.59. The summed E-state index contributed by atoms with van der Waals surface area (Å²) in [5.74, 6) is 0.443. The number of rotatable bonds is 5. The van der Waals surface area contributed by atoms with Crippen LogP contribution in [0, 0.1) is 6.92 Å². The molecule has 0 bridgehead atoms. The van der Waals surface area contributed by atoms with E-state index >= 15 is 0 Å². The molecule has 2 aromatic rings. The summed E-state index contributed by atoms with van der Waals surface area (Å²) in [7, 11) is 1.84. The zero-order valence-corrected chi connectivity index (χ0v) is 17.1. The summed E-state index contributed by atoms with van der Waals surface area (Å²) in [6.07, 6.45) is -2.96. The molecule has 0 saturated carbocycles. The molecule has 29 heavy (non-hydrogen) atoms. The van der Waals surface area contributed by atoms with E-state index in [4.69, 9.17) is 0 Å². The average molecular weight is 429 g/mol. The number of ether oxygens (including phenoxy) is 1. The van der Waals surface area contributed by atoms with E-state index in [0.717, 1.165) is 11.3 Å². The monoisotopic (exact) mass is 429 g/mol. The number of pyridine rings is 2.